The van der Waals surface area contributed by atoms with Crippen LogP contribution in [0.3, 0.4) is 0 Å². The first kappa shape index (κ1) is 13.3. The molecule has 0 N–H and O–H groups in total. The number of halogens is 3. The molecule has 0 spiro atoms. The molecule has 80 valence electrons. The third-order valence-corrected chi connectivity index (χ3v) is 15.5. The standard InChI is InChI=1S/C8H15Br3OTe/c1-2-12-7-5-3-4-6-8(7)13(9,10)11/h7-8H,2-6H2,1H3/t7-,8-/m1/s1. The second kappa shape index (κ2) is 6.06. The van der Waals surface area contributed by atoms with Crippen molar-refractivity contribution in [2.75, 3.05) is 6.61 Å². The summed E-state index contributed by atoms with van der Waals surface area (Å²) in [5.41, 5.74) is 0. The minimum absolute atomic E-state index is 0.470. The molecule has 0 aromatic carbocycles. The zero-order valence-electron chi connectivity index (χ0n) is 7.64. The summed E-state index contributed by atoms with van der Waals surface area (Å²) in [5.74, 6) is 0. The molecule has 0 aromatic rings. The van der Waals surface area contributed by atoms with E-state index in [0.717, 1.165) is 6.61 Å². The molecule has 0 radical (unpaired) electrons. The van der Waals surface area contributed by atoms with Gasteiger partial charge in [0.1, 0.15) is 0 Å². The average molecular weight is 495 g/mol. The molecule has 1 aliphatic rings. The van der Waals surface area contributed by atoms with Crippen LogP contribution in [0.5, 0.6) is 0 Å². The van der Waals surface area contributed by atoms with E-state index in [4.69, 9.17) is 4.74 Å². The van der Waals surface area contributed by atoms with E-state index in [-0.39, 0.29) is 0 Å². The fourth-order valence-corrected chi connectivity index (χ4v) is 13.2. The Bertz CT molecular complexity index is 158. The molecule has 0 saturated heterocycles. The Kier molecular flexibility index (Phi) is 6.17. The number of ether oxygens (including phenoxy) is 1. The topological polar surface area (TPSA) is 9.23 Å². The molecule has 0 heterocycles. The molecule has 1 rings (SSSR count). The van der Waals surface area contributed by atoms with Crippen molar-refractivity contribution in [1.82, 2.24) is 0 Å². The quantitative estimate of drug-likeness (QED) is 0.527. The Labute approximate surface area is 103 Å². The summed E-state index contributed by atoms with van der Waals surface area (Å²) in [6.07, 6.45) is 5.68. The Morgan fingerprint density at radius 3 is 2.38 bits per heavy atom. The van der Waals surface area contributed by atoms with Gasteiger partial charge in [-0.05, 0) is 0 Å². The second-order valence-corrected chi connectivity index (χ2v) is 45.6. The van der Waals surface area contributed by atoms with Crippen LogP contribution in [0.1, 0.15) is 32.6 Å². The number of rotatable bonds is 3. The summed E-state index contributed by atoms with van der Waals surface area (Å²) in [6, 6.07) is 0. The van der Waals surface area contributed by atoms with Crippen LogP contribution in [0.25, 0.3) is 0 Å². The summed E-state index contributed by atoms with van der Waals surface area (Å²) in [7, 11) is 0. The molecule has 13 heavy (non-hydrogen) atoms. The van der Waals surface area contributed by atoms with E-state index in [9.17, 15) is 0 Å². The number of hydrogen-bond acceptors (Lipinski definition) is 1. The van der Waals surface area contributed by atoms with Crippen LogP contribution >= 0.6 is 38.3 Å². The van der Waals surface area contributed by atoms with Crippen molar-refractivity contribution in [3.63, 3.8) is 0 Å². The maximum atomic E-state index is 5.78. The number of hydrogen-bond donors (Lipinski definition) is 0. The van der Waals surface area contributed by atoms with Crippen molar-refractivity contribution in [3.8, 4) is 0 Å². The van der Waals surface area contributed by atoms with Crippen molar-refractivity contribution >= 4 is 49.8 Å². The van der Waals surface area contributed by atoms with E-state index in [1.165, 1.54) is 25.7 Å². The Balaban J connectivity index is 2.56. The van der Waals surface area contributed by atoms with Gasteiger partial charge in [0.2, 0.25) is 0 Å². The van der Waals surface area contributed by atoms with Crippen LogP contribution in [0.2, 0.25) is 3.97 Å². The molecule has 0 aromatic heterocycles. The first-order chi connectivity index (χ1) is 6.05. The fourth-order valence-electron chi connectivity index (χ4n) is 1.77. The van der Waals surface area contributed by atoms with E-state index in [0.29, 0.717) is 10.1 Å². The third kappa shape index (κ3) is 4.28. The normalized spacial score (nSPS) is 31.7. The second-order valence-electron chi connectivity index (χ2n) is 3.26. The van der Waals surface area contributed by atoms with Gasteiger partial charge in [-0.2, -0.15) is 0 Å². The monoisotopic (exact) mass is 494 g/mol. The van der Waals surface area contributed by atoms with E-state index >= 15 is 0 Å². The van der Waals surface area contributed by atoms with Crippen LogP contribution in [-0.2, 0) is 4.74 Å². The molecule has 1 aliphatic carbocycles. The van der Waals surface area contributed by atoms with Crippen LogP contribution in [0.4, 0.5) is 0 Å². The van der Waals surface area contributed by atoms with Crippen molar-refractivity contribution in [1.29, 1.82) is 0 Å². The fraction of sp³-hybridized carbons (Fsp3) is 1.00. The van der Waals surface area contributed by atoms with E-state index < -0.39 is 11.6 Å². The third-order valence-electron chi connectivity index (χ3n) is 2.37. The van der Waals surface area contributed by atoms with Gasteiger partial charge >= 0.3 is 104 Å². The van der Waals surface area contributed by atoms with Gasteiger partial charge in [-0.25, -0.2) is 0 Å². The molecular weight excluding hydrogens is 479 g/mol. The molecule has 0 aliphatic heterocycles. The van der Waals surface area contributed by atoms with Crippen molar-refractivity contribution < 1.29 is 4.74 Å². The van der Waals surface area contributed by atoms with Crippen LogP contribution in [0, 0.1) is 0 Å². The zero-order chi connectivity index (χ0) is 9.90. The maximum absolute atomic E-state index is 5.78. The predicted octanol–water partition coefficient (Wildman–Crippen LogP) is 4.46. The van der Waals surface area contributed by atoms with Crippen molar-refractivity contribution in [2.24, 2.45) is 0 Å². The van der Waals surface area contributed by atoms with Gasteiger partial charge < -0.3 is 0 Å². The summed E-state index contributed by atoms with van der Waals surface area (Å²) in [5, 5.41) is 0. The zero-order valence-corrected chi connectivity index (χ0v) is 14.7. The van der Waals surface area contributed by atoms with Gasteiger partial charge in [-0.3, -0.25) is 0 Å². The molecule has 1 nitrogen and oxygen atoms in total. The predicted molar refractivity (Wildman–Crippen MR) is 70.2 cm³/mol. The first-order valence-corrected chi connectivity index (χ1v) is 21.6. The molecular formula is C8H15Br3OTe. The molecule has 1 fully saturated rings. The van der Waals surface area contributed by atoms with Crippen LogP contribution < -0.4 is 0 Å². The minimum atomic E-state index is -2.06. The summed E-state index contributed by atoms with van der Waals surface area (Å²) in [4.78, 5) is 0. The van der Waals surface area contributed by atoms with Crippen LogP contribution in [-0.4, -0.2) is 24.3 Å². The molecule has 1 saturated carbocycles. The molecule has 2 atom stereocenters. The molecule has 0 amide bonds. The summed E-state index contributed by atoms with van der Waals surface area (Å²) < 4.78 is 6.48. The van der Waals surface area contributed by atoms with E-state index in [2.05, 4.69) is 45.2 Å². The van der Waals surface area contributed by atoms with Crippen molar-refractivity contribution in [2.45, 2.75) is 42.7 Å². The van der Waals surface area contributed by atoms with Gasteiger partial charge in [0.15, 0.2) is 0 Å². The molecule has 0 unspecified atom stereocenters. The van der Waals surface area contributed by atoms with Gasteiger partial charge in [-0.1, -0.05) is 0 Å². The Morgan fingerprint density at radius 2 is 1.85 bits per heavy atom. The summed E-state index contributed by atoms with van der Waals surface area (Å²) >= 11 is 9.32. The Morgan fingerprint density at radius 1 is 1.23 bits per heavy atom. The summed E-state index contributed by atoms with van der Waals surface area (Å²) in [6.45, 7) is 2.92. The van der Waals surface area contributed by atoms with E-state index in [1.807, 2.05) is 0 Å². The average Bonchev–Trinajstić information content (AvgIpc) is 2.04. The Hall–Kier alpha value is 2.19. The van der Waals surface area contributed by atoms with Gasteiger partial charge in [0.25, 0.3) is 0 Å². The van der Waals surface area contributed by atoms with Gasteiger partial charge in [0, 0.05) is 0 Å². The molecule has 5 heteroatoms. The van der Waals surface area contributed by atoms with Gasteiger partial charge in [-0.15, -0.1) is 0 Å². The van der Waals surface area contributed by atoms with E-state index in [1.54, 1.807) is 0 Å². The van der Waals surface area contributed by atoms with Crippen LogP contribution in [0.15, 0.2) is 0 Å². The first-order valence-electron chi connectivity index (χ1n) is 4.58. The van der Waals surface area contributed by atoms with Crippen molar-refractivity contribution in [3.05, 3.63) is 0 Å². The van der Waals surface area contributed by atoms with Gasteiger partial charge in [0.05, 0.1) is 0 Å². The molecule has 0 bridgehead atoms. The SMILES string of the molecule is CCO[C@@H]1CCCC[C@H]1[Te](Br)(Br)Br.